The van der Waals surface area contributed by atoms with E-state index in [0.717, 1.165) is 61.8 Å². The van der Waals surface area contributed by atoms with E-state index in [4.69, 9.17) is 4.52 Å². The first-order valence-electron chi connectivity index (χ1n) is 9.02. The van der Waals surface area contributed by atoms with E-state index in [-0.39, 0.29) is 0 Å². The quantitative estimate of drug-likeness (QED) is 0.580. The summed E-state index contributed by atoms with van der Waals surface area (Å²) < 4.78 is 17.4. The number of hydrogen-bond donors (Lipinski definition) is 2. The summed E-state index contributed by atoms with van der Waals surface area (Å²) in [6, 6.07) is 2.28. The lowest BCUT2D eigenvalue weighted by Gasteiger charge is -2.30. The predicted octanol–water partition coefficient (Wildman–Crippen LogP) is 2.37. The lowest BCUT2D eigenvalue weighted by Crippen LogP contribution is -2.46. The van der Waals surface area contributed by atoms with Crippen LogP contribution in [0.4, 0.5) is 0 Å². The van der Waals surface area contributed by atoms with Crippen LogP contribution in [0.1, 0.15) is 57.9 Å². The first kappa shape index (κ1) is 19.0. The van der Waals surface area contributed by atoms with Crippen molar-refractivity contribution in [1.29, 1.82) is 0 Å². The number of nitrogens with one attached hydrogen (secondary N) is 2. The Labute approximate surface area is 147 Å². The van der Waals surface area contributed by atoms with Crippen molar-refractivity contribution in [2.24, 2.45) is 4.99 Å². The molecular weight excluding hydrogens is 324 g/mol. The molecule has 1 heterocycles. The van der Waals surface area contributed by atoms with Gasteiger partial charge in [-0.2, -0.15) is 0 Å². The monoisotopic (exact) mass is 354 g/mol. The van der Waals surface area contributed by atoms with E-state index in [1.165, 1.54) is 0 Å². The standard InChI is InChI=1S/C17H30N4O2S/c1-4-13-10-15(23-21-13)12-19-17(18-5-2)20-14-8-7-9-16(11-14)24(22)6-3/h10,14,16H,4-9,11-12H2,1-3H3,(H2,18,19,20). The van der Waals surface area contributed by atoms with Gasteiger partial charge in [0, 0.05) is 40.5 Å². The van der Waals surface area contributed by atoms with E-state index in [2.05, 4.69) is 34.6 Å². The van der Waals surface area contributed by atoms with Gasteiger partial charge in [-0.05, 0) is 32.6 Å². The van der Waals surface area contributed by atoms with Gasteiger partial charge in [0.25, 0.3) is 0 Å². The van der Waals surface area contributed by atoms with Gasteiger partial charge in [-0.1, -0.05) is 25.4 Å². The van der Waals surface area contributed by atoms with Crippen molar-refractivity contribution >= 4 is 16.8 Å². The van der Waals surface area contributed by atoms with Crippen molar-refractivity contribution < 1.29 is 8.73 Å². The normalized spacial score (nSPS) is 23.0. The summed E-state index contributed by atoms with van der Waals surface area (Å²) in [4.78, 5) is 4.60. The van der Waals surface area contributed by atoms with Crippen LogP contribution in [0, 0.1) is 0 Å². The van der Waals surface area contributed by atoms with Crippen molar-refractivity contribution in [3.63, 3.8) is 0 Å². The Morgan fingerprint density at radius 3 is 2.92 bits per heavy atom. The first-order valence-corrected chi connectivity index (χ1v) is 10.4. The Morgan fingerprint density at radius 2 is 2.25 bits per heavy atom. The highest BCUT2D eigenvalue weighted by atomic mass is 32.2. The molecule has 136 valence electrons. The first-order chi connectivity index (χ1) is 11.7. The average Bonchev–Trinajstić information content (AvgIpc) is 3.07. The summed E-state index contributed by atoms with van der Waals surface area (Å²) in [6.07, 6.45) is 5.11. The fourth-order valence-electron chi connectivity index (χ4n) is 3.02. The molecule has 0 bridgehead atoms. The zero-order valence-corrected chi connectivity index (χ0v) is 15.8. The fourth-order valence-corrected chi connectivity index (χ4v) is 4.37. The molecule has 1 aromatic heterocycles. The number of hydrogen-bond acceptors (Lipinski definition) is 4. The van der Waals surface area contributed by atoms with E-state index in [1.54, 1.807) is 0 Å². The number of aliphatic imine (C=N–C) groups is 1. The molecule has 1 aliphatic carbocycles. The lowest BCUT2D eigenvalue weighted by atomic mass is 9.95. The second kappa shape index (κ2) is 9.81. The van der Waals surface area contributed by atoms with E-state index >= 15 is 0 Å². The molecule has 6 nitrogen and oxygen atoms in total. The van der Waals surface area contributed by atoms with Crippen LogP contribution < -0.4 is 10.6 Å². The Bertz CT molecular complexity index is 559. The van der Waals surface area contributed by atoms with Crippen molar-refractivity contribution in [2.45, 2.75) is 70.7 Å². The maximum absolute atomic E-state index is 12.1. The minimum Gasteiger partial charge on any atom is -0.359 e. The fraction of sp³-hybridized carbons (Fsp3) is 0.765. The minimum atomic E-state index is -0.708. The Kier molecular flexibility index (Phi) is 7.75. The van der Waals surface area contributed by atoms with Crippen LogP contribution in [0.2, 0.25) is 0 Å². The molecule has 0 spiro atoms. The zero-order valence-electron chi connectivity index (χ0n) is 15.0. The molecule has 0 radical (unpaired) electrons. The van der Waals surface area contributed by atoms with Crippen LogP contribution >= 0.6 is 0 Å². The van der Waals surface area contributed by atoms with Gasteiger partial charge in [0.05, 0.1) is 5.69 Å². The number of aromatic nitrogens is 1. The third-order valence-corrected chi connectivity index (χ3v) is 6.07. The Hall–Kier alpha value is -1.37. The summed E-state index contributed by atoms with van der Waals surface area (Å²) in [5, 5.41) is 11.1. The molecule has 7 heteroatoms. The maximum Gasteiger partial charge on any atom is 0.191 e. The second-order valence-electron chi connectivity index (χ2n) is 6.13. The topological polar surface area (TPSA) is 79.5 Å². The number of aryl methyl sites for hydroxylation is 1. The summed E-state index contributed by atoms with van der Waals surface area (Å²) >= 11 is 0. The smallest absolute Gasteiger partial charge is 0.191 e. The molecule has 1 saturated carbocycles. The summed E-state index contributed by atoms with van der Waals surface area (Å²) in [6.45, 7) is 7.38. The summed E-state index contributed by atoms with van der Waals surface area (Å²) in [5.74, 6) is 2.31. The van der Waals surface area contributed by atoms with Gasteiger partial charge in [0.2, 0.25) is 0 Å². The highest BCUT2D eigenvalue weighted by molar-refractivity contribution is 7.85. The second-order valence-corrected chi connectivity index (χ2v) is 8.14. The molecule has 1 aromatic rings. The van der Waals surface area contributed by atoms with Crippen molar-refractivity contribution in [1.82, 2.24) is 15.8 Å². The van der Waals surface area contributed by atoms with Gasteiger partial charge >= 0.3 is 0 Å². The third-order valence-electron chi connectivity index (χ3n) is 4.33. The number of guanidine groups is 1. The van der Waals surface area contributed by atoms with Crippen molar-refractivity contribution in [2.75, 3.05) is 12.3 Å². The molecule has 0 amide bonds. The molecule has 1 aliphatic rings. The van der Waals surface area contributed by atoms with Crippen molar-refractivity contribution in [3.8, 4) is 0 Å². The molecule has 2 rings (SSSR count). The largest absolute Gasteiger partial charge is 0.359 e. The van der Waals surface area contributed by atoms with E-state index < -0.39 is 10.8 Å². The molecule has 3 unspecified atom stereocenters. The lowest BCUT2D eigenvalue weighted by molar-refractivity contribution is 0.378. The highest BCUT2D eigenvalue weighted by Crippen LogP contribution is 2.23. The molecule has 2 N–H and O–H groups in total. The van der Waals surface area contributed by atoms with Crippen LogP contribution in [0.5, 0.6) is 0 Å². The van der Waals surface area contributed by atoms with E-state index in [9.17, 15) is 4.21 Å². The van der Waals surface area contributed by atoms with Gasteiger partial charge in [0.1, 0.15) is 6.54 Å². The molecule has 1 fully saturated rings. The van der Waals surface area contributed by atoms with Crippen LogP contribution in [0.25, 0.3) is 0 Å². The molecular formula is C17H30N4O2S. The van der Waals surface area contributed by atoms with Gasteiger partial charge in [0.15, 0.2) is 11.7 Å². The summed E-state index contributed by atoms with van der Waals surface area (Å²) in [7, 11) is -0.708. The molecule has 0 aromatic carbocycles. The van der Waals surface area contributed by atoms with Crippen LogP contribution in [0.15, 0.2) is 15.6 Å². The third kappa shape index (κ3) is 5.61. The molecule has 0 aliphatic heterocycles. The average molecular weight is 355 g/mol. The van der Waals surface area contributed by atoms with Crippen LogP contribution in [-0.4, -0.2) is 38.9 Å². The SMILES string of the molecule is CCNC(=NCc1cc(CC)no1)NC1CCCC(S(=O)CC)C1. The molecule has 0 saturated heterocycles. The zero-order chi connectivity index (χ0) is 17.4. The van der Waals surface area contributed by atoms with Crippen LogP contribution in [0.3, 0.4) is 0 Å². The Balaban J connectivity index is 1.94. The minimum absolute atomic E-state index is 0.311. The van der Waals surface area contributed by atoms with Gasteiger partial charge in [-0.25, -0.2) is 4.99 Å². The predicted molar refractivity (Wildman–Crippen MR) is 98.6 cm³/mol. The van der Waals surface area contributed by atoms with Gasteiger partial charge < -0.3 is 15.2 Å². The van der Waals surface area contributed by atoms with E-state index in [0.29, 0.717) is 17.8 Å². The maximum atomic E-state index is 12.1. The van der Waals surface area contributed by atoms with Crippen LogP contribution in [-0.2, 0) is 23.8 Å². The highest BCUT2D eigenvalue weighted by Gasteiger charge is 2.26. The number of nitrogens with zero attached hydrogens (tertiary/aromatic N) is 2. The Morgan fingerprint density at radius 1 is 1.42 bits per heavy atom. The van der Waals surface area contributed by atoms with Gasteiger partial charge in [-0.15, -0.1) is 0 Å². The molecule has 24 heavy (non-hydrogen) atoms. The summed E-state index contributed by atoms with van der Waals surface area (Å²) in [5.41, 5.74) is 0.954. The molecule has 3 atom stereocenters. The van der Waals surface area contributed by atoms with Crippen molar-refractivity contribution in [3.05, 3.63) is 17.5 Å². The van der Waals surface area contributed by atoms with Gasteiger partial charge in [-0.3, -0.25) is 4.21 Å². The number of rotatable bonds is 7. The van der Waals surface area contributed by atoms with E-state index in [1.807, 2.05) is 13.0 Å².